The van der Waals surface area contributed by atoms with Gasteiger partial charge in [0.15, 0.2) is 17.0 Å². The number of nitrogens with one attached hydrogen (secondary N) is 1. The van der Waals surface area contributed by atoms with Crippen molar-refractivity contribution in [2.75, 3.05) is 19.0 Å². The number of methoxy groups -OCH3 is 1. The van der Waals surface area contributed by atoms with Gasteiger partial charge in [0.2, 0.25) is 0 Å². The van der Waals surface area contributed by atoms with Crippen LogP contribution in [0.1, 0.15) is 29.8 Å². The maximum absolute atomic E-state index is 13.3. The predicted molar refractivity (Wildman–Crippen MR) is 99.6 cm³/mol. The molecular formula is C20H18F6N4O. The van der Waals surface area contributed by atoms with Gasteiger partial charge in [-0.1, -0.05) is 30.3 Å². The summed E-state index contributed by atoms with van der Waals surface area (Å²) in [6.45, 7) is 0.189. The van der Waals surface area contributed by atoms with Gasteiger partial charge in [0.1, 0.15) is 5.82 Å². The Morgan fingerprint density at radius 1 is 1.03 bits per heavy atom. The highest BCUT2D eigenvalue weighted by Crippen LogP contribution is 2.45. The summed E-state index contributed by atoms with van der Waals surface area (Å²) in [7, 11) is 1.58. The summed E-state index contributed by atoms with van der Waals surface area (Å²) in [4.78, 5) is 3.32. The summed E-state index contributed by atoms with van der Waals surface area (Å²) in [6, 6.07) is 10.5. The van der Waals surface area contributed by atoms with Gasteiger partial charge >= 0.3 is 12.4 Å². The second-order valence-corrected chi connectivity index (χ2v) is 7.59. The molecule has 0 amide bonds. The number of rotatable bonds is 5. The molecule has 2 aromatic heterocycles. The molecule has 5 nitrogen and oxygen atoms in total. The first-order valence-corrected chi connectivity index (χ1v) is 9.39. The molecule has 1 fully saturated rings. The van der Waals surface area contributed by atoms with Gasteiger partial charge in [-0.2, -0.15) is 36.0 Å². The smallest absolute Gasteiger partial charge is 0.381 e. The SMILES string of the molecule is COC1CC(CNc2cc(C(F)(F)F)nc3cc(C(F)(F)F)nn23)(c2ccccc2)C1. The molecular weight excluding hydrogens is 426 g/mol. The Balaban J connectivity index is 1.72. The standard InChI is InChI=1S/C20H18F6N4O/c1-31-13-9-18(10-13,12-5-3-2-4-6-12)11-27-16-7-14(19(21,22)23)28-17-8-15(20(24,25)26)29-30(16)17/h2-8,13,27H,9-11H2,1H3. The normalized spacial score (nSPS) is 21.8. The Labute approximate surface area is 173 Å². The fraction of sp³-hybridized carbons (Fsp3) is 0.400. The number of aromatic nitrogens is 3. The van der Waals surface area contributed by atoms with Crippen LogP contribution in [-0.2, 0) is 22.5 Å². The van der Waals surface area contributed by atoms with E-state index in [1.54, 1.807) is 7.11 Å². The zero-order valence-electron chi connectivity index (χ0n) is 16.3. The van der Waals surface area contributed by atoms with E-state index >= 15 is 0 Å². The van der Waals surface area contributed by atoms with Crippen LogP contribution in [0.15, 0.2) is 42.5 Å². The van der Waals surface area contributed by atoms with Gasteiger partial charge in [-0.15, -0.1) is 0 Å². The van der Waals surface area contributed by atoms with Crippen molar-refractivity contribution >= 4 is 11.5 Å². The number of benzene rings is 1. The summed E-state index contributed by atoms with van der Waals surface area (Å²) < 4.78 is 85.2. The Bertz CT molecular complexity index is 1070. The molecule has 1 N–H and O–H groups in total. The lowest BCUT2D eigenvalue weighted by Crippen LogP contribution is -2.50. The van der Waals surface area contributed by atoms with Crippen LogP contribution in [0.2, 0.25) is 0 Å². The van der Waals surface area contributed by atoms with Crippen LogP contribution < -0.4 is 5.32 Å². The van der Waals surface area contributed by atoms with E-state index in [9.17, 15) is 26.3 Å². The molecule has 1 aromatic carbocycles. The summed E-state index contributed by atoms with van der Waals surface area (Å²) in [6.07, 6.45) is -8.41. The maximum Gasteiger partial charge on any atom is 0.435 e. The maximum atomic E-state index is 13.3. The lowest BCUT2D eigenvalue weighted by molar-refractivity contribution is -0.142. The Kier molecular flexibility index (Phi) is 5.11. The van der Waals surface area contributed by atoms with Crippen molar-refractivity contribution in [3.05, 3.63) is 59.4 Å². The Morgan fingerprint density at radius 3 is 2.26 bits per heavy atom. The third-order valence-corrected chi connectivity index (χ3v) is 5.57. The minimum Gasteiger partial charge on any atom is -0.381 e. The summed E-state index contributed by atoms with van der Waals surface area (Å²) in [5, 5.41) is 6.32. The van der Waals surface area contributed by atoms with E-state index in [1.807, 2.05) is 30.3 Å². The number of hydrogen-bond acceptors (Lipinski definition) is 4. The molecule has 4 rings (SSSR count). The summed E-state index contributed by atoms with van der Waals surface area (Å²) in [5.41, 5.74) is -2.62. The van der Waals surface area contributed by atoms with Crippen LogP contribution in [0.3, 0.4) is 0 Å². The van der Waals surface area contributed by atoms with Gasteiger partial charge in [-0.05, 0) is 18.4 Å². The summed E-state index contributed by atoms with van der Waals surface area (Å²) >= 11 is 0. The third kappa shape index (κ3) is 4.06. The molecule has 0 saturated heterocycles. The van der Waals surface area contributed by atoms with E-state index in [1.165, 1.54) is 0 Å². The fourth-order valence-electron chi connectivity index (χ4n) is 3.90. The third-order valence-electron chi connectivity index (χ3n) is 5.57. The first-order chi connectivity index (χ1) is 14.5. The molecule has 1 saturated carbocycles. The molecule has 0 radical (unpaired) electrons. The first-order valence-electron chi connectivity index (χ1n) is 9.39. The van der Waals surface area contributed by atoms with Crippen LogP contribution in [0, 0.1) is 0 Å². The second-order valence-electron chi connectivity index (χ2n) is 7.59. The average molecular weight is 444 g/mol. The number of hydrogen-bond donors (Lipinski definition) is 1. The molecule has 11 heteroatoms. The largest absolute Gasteiger partial charge is 0.435 e. The van der Waals surface area contributed by atoms with Crippen molar-refractivity contribution in [2.24, 2.45) is 0 Å². The number of anilines is 1. The van der Waals surface area contributed by atoms with Crippen LogP contribution in [0.5, 0.6) is 0 Å². The van der Waals surface area contributed by atoms with Gasteiger partial charge < -0.3 is 10.1 Å². The average Bonchev–Trinajstić information content (AvgIpc) is 3.12. The molecule has 0 aliphatic heterocycles. The molecule has 31 heavy (non-hydrogen) atoms. The van der Waals surface area contributed by atoms with Gasteiger partial charge in [0.05, 0.1) is 6.10 Å². The molecule has 1 aliphatic carbocycles. The minimum atomic E-state index is -4.82. The molecule has 0 atom stereocenters. The summed E-state index contributed by atoms with van der Waals surface area (Å²) in [5.74, 6) is -0.219. The number of fused-ring (bicyclic) bond motifs is 1. The highest BCUT2D eigenvalue weighted by Gasteiger charge is 2.46. The van der Waals surface area contributed by atoms with Crippen molar-refractivity contribution in [1.29, 1.82) is 0 Å². The van der Waals surface area contributed by atoms with E-state index in [4.69, 9.17) is 4.74 Å². The van der Waals surface area contributed by atoms with Gasteiger partial charge in [-0.25, -0.2) is 4.98 Å². The van der Waals surface area contributed by atoms with E-state index in [-0.39, 0.29) is 18.5 Å². The van der Waals surface area contributed by atoms with Crippen LogP contribution in [0.4, 0.5) is 32.2 Å². The zero-order chi connectivity index (χ0) is 22.4. The highest BCUT2D eigenvalue weighted by molar-refractivity contribution is 5.52. The van der Waals surface area contributed by atoms with Gasteiger partial charge in [0, 0.05) is 31.2 Å². The van der Waals surface area contributed by atoms with Crippen molar-refractivity contribution in [1.82, 2.24) is 14.6 Å². The van der Waals surface area contributed by atoms with Crippen LogP contribution in [0.25, 0.3) is 5.65 Å². The molecule has 0 spiro atoms. The molecule has 0 unspecified atom stereocenters. The second kappa shape index (κ2) is 7.40. The quantitative estimate of drug-likeness (QED) is 0.568. The molecule has 2 heterocycles. The zero-order valence-corrected chi connectivity index (χ0v) is 16.3. The first kappa shape index (κ1) is 21.4. The molecule has 0 bridgehead atoms. The van der Waals surface area contributed by atoms with E-state index in [2.05, 4.69) is 15.4 Å². The predicted octanol–water partition coefficient (Wildman–Crippen LogP) is 4.93. The topological polar surface area (TPSA) is 51.5 Å². The Hall–Kier alpha value is -2.82. The highest BCUT2D eigenvalue weighted by atomic mass is 19.4. The van der Waals surface area contributed by atoms with E-state index in [0.717, 1.165) is 10.1 Å². The van der Waals surface area contributed by atoms with Gasteiger partial charge in [0.25, 0.3) is 0 Å². The monoisotopic (exact) mass is 444 g/mol. The van der Waals surface area contributed by atoms with E-state index in [0.29, 0.717) is 25.0 Å². The van der Waals surface area contributed by atoms with Crippen LogP contribution >= 0.6 is 0 Å². The van der Waals surface area contributed by atoms with Crippen molar-refractivity contribution in [3.63, 3.8) is 0 Å². The van der Waals surface area contributed by atoms with Crippen molar-refractivity contribution < 1.29 is 31.1 Å². The number of ether oxygens (including phenoxy) is 1. The fourth-order valence-corrected chi connectivity index (χ4v) is 3.90. The van der Waals surface area contributed by atoms with Gasteiger partial charge in [-0.3, -0.25) is 0 Å². The lowest BCUT2D eigenvalue weighted by Gasteiger charge is -2.47. The van der Waals surface area contributed by atoms with E-state index < -0.39 is 34.8 Å². The molecule has 3 aromatic rings. The molecule has 1 aliphatic rings. The van der Waals surface area contributed by atoms with Crippen molar-refractivity contribution in [3.8, 4) is 0 Å². The number of halogens is 6. The molecule has 166 valence electrons. The van der Waals surface area contributed by atoms with Crippen LogP contribution in [-0.4, -0.2) is 34.4 Å². The minimum absolute atomic E-state index is 0.00765. The lowest BCUT2D eigenvalue weighted by atomic mass is 9.62. The number of alkyl halides is 6. The number of nitrogens with zero attached hydrogens (tertiary/aromatic N) is 3. The Morgan fingerprint density at radius 2 is 1.68 bits per heavy atom. The van der Waals surface area contributed by atoms with Crippen molar-refractivity contribution in [2.45, 2.75) is 36.7 Å².